The number of hydrogen-bond donors (Lipinski definition) is 0. The predicted molar refractivity (Wildman–Crippen MR) is 49.0 cm³/mol. The summed E-state index contributed by atoms with van der Waals surface area (Å²) in [7, 11) is 0. The molecule has 1 aliphatic heterocycles. The zero-order valence-electron chi connectivity index (χ0n) is 8.22. The van der Waals surface area contributed by atoms with Gasteiger partial charge in [-0.1, -0.05) is 0 Å². The van der Waals surface area contributed by atoms with E-state index in [0.717, 1.165) is 19.4 Å². The van der Waals surface area contributed by atoms with E-state index in [1.54, 1.807) is 6.26 Å². The van der Waals surface area contributed by atoms with Crippen LogP contribution in [0.15, 0.2) is 11.8 Å². The molecule has 1 unspecified atom stereocenters. The molecular weight excluding hydrogens is 152 g/mol. The Morgan fingerprint density at radius 3 is 2.83 bits per heavy atom. The molecule has 1 saturated heterocycles. The summed E-state index contributed by atoms with van der Waals surface area (Å²) in [5, 5.41) is 0. The summed E-state index contributed by atoms with van der Waals surface area (Å²) < 4.78 is 11.0. The highest BCUT2D eigenvalue weighted by molar-refractivity contribution is 4.88. The van der Waals surface area contributed by atoms with Crippen LogP contribution in [0.2, 0.25) is 0 Å². The molecule has 1 aliphatic rings. The average Bonchev–Trinajstić information content (AvgIpc) is 2.35. The molecular formula is C10H18O2. The van der Waals surface area contributed by atoms with Gasteiger partial charge in [-0.3, -0.25) is 0 Å². The van der Waals surface area contributed by atoms with Crippen LogP contribution in [0.1, 0.15) is 33.6 Å². The molecule has 12 heavy (non-hydrogen) atoms. The van der Waals surface area contributed by atoms with Gasteiger partial charge in [-0.15, -0.1) is 0 Å². The van der Waals surface area contributed by atoms with Gasteiger partial charge in [0.05, 0.1) is 11.9 Å². The molecule has 0 N–H and O–H groups in total. The van der Waals surface area contributed by atoms with Gasteiger partial charge in [0.25, 0.3) is 0 Å². The molecule has 2 nitrogen and oxygen atoms in total. The Morgan fingerprint density at radius 2 is 2.33 bits per heavy atom. The zero-order chi connectivity index (χ0) is 9.03. The monoisotopic (exact) mass is 170 g/mol. The van der Waals surface area contributed by atoms with Crippen LogP contribution in [0.3, 0.4) is 0 Å². The summed E-state index contributed by atoms with van der Waals surface area (Å²) >= 11 is 0. The topological polar surface area (TPSA) is 18.5 Å². The van der Waals surface area contributed by atoms with Gasteiger partial charge in [0, 0.05) is 6.61 Å². The number of rotatable bonds is 3. The first kappa shape index (κ1) is 9.59. The molecule has 0 aromatic rings. The molecule has 0 aliphatic carbocycles. The first-order valence-corrected chi connectivity index (χ1v) is 4.51. The maximum atomic E-state index is 5.57. The van der Waals surface area contributed by atoms with E-state index in [1.807, 2.05) is 13.8 Å². The van der Waals surface area contributed by atoms with Gasteiger partial charge in [0.1, 0.15) is 6.61 Å². The summed E-state index contributed by atoms with van der Waals surface area (Å²) in [5.74, 6) is 0. The van der Waals surface area contributed by atoms with Crippen molar-refractivity contribution in [3.63, 3.8) is 0 Å². The fourth-order valence-corrected chi connectivity index (χ4v) is 1.34. The zero-order valence-corrected chi connectivity index (χ0v) is 8.22. The lowest BCUT2D eigenvalue weighted by atomic mass is 10.1. The van der Waals surface area contributed by atoms with Gasteiger partial charge < -0.3 is 9.47 Å². The van der Waals surface area contributed by atoms with Crippen molar-refractivity contribution >= 4 is 0 Å². The Bertz CT molecular complexity index is 163. The smallest absolute Gasteiger partial charge is 0.116 e. The highest BCUT2D eigenvalue weighted by Gasteiger charge is 2.29. The standard InChI is InChI=1S/C10H18O2/c1-9(2)7-11-8-10(3)5-4-6-12-10/h7H,4-6,8H2,1-3H3. The highest BCUT2D eigenvalue weighted by Crippen LogP contribution is 2.25. The normalized spacial score (nSPS) is 28.6. The second-order valence-corrected chi connectivity index (χ2v) is 3.91. The summed E-state index contributed by atoms with van der Waals surface area (Å²) in [6, 6.07) is 0. The summed E-state index contributed by atoms with van der Waals surface area (Å²) in [4.78, 5) is 0. The molecule has 0 spiro atoms. The van der Waals surface area contributed by atoms with Crippen molar-refractivity contribution in [1.29, 1.82) is 0 Å². The first-order valence-electron chi connectivity index (χ1n) is 4.51. The highest BCUT2D eigenvalue weighted by atomic mass is 16.5. The number of hydrogen-bond acceptors (Lipinski definition) is 2. The van der Waals surface area contributed by atoms with E-state index in [9.17, 15) is 0 Å². The predicted octanol–water partition coefficient (Wildman–Crippen LogP) is 2.50. The van der Waals surface area contributed by atoms with Gasteiger partial charge >= 0.3 is 0 Å². The minimum Gasteiger partial charge on any atom is -0.498 e. The van der Waals surface area contributed by atoms with Crippen LogP contribution in [0.5, 0.6) is 0 Å². The Balaban J connectivity index is 2.26. The molecule has 0 aromatic carbocycles. The second-order valence-electron chi connectivity index (χ2n) is 3.91. The average molecular weight is 170 g/mol. The van der Waals surface area contributed by atoms with E-state index in [2.05, 4.69) is 6.92 Å². The Morgan fingerprint density at radius 1 is 1.58 bits per heavy atom. The molecule has 1 rings (SSSR count). The van der Waals surface area contributed by atoms with Gasteiger partial charge in [-0.2, -0.15) is 0 Å². The second kappa shape index (κ2) is 3.94. The molecule has 0 bridgehead atoms. The maximum absolute atomic E-state index is 5.57. The fourth-order valence-electron chi connectivity index (χ4n) is 1.34. The van der Waals surface area contributed by atoms with Gasteiger partial charge in [-0.05, 0) is 39.2 Å². The summed E-state index contributed by atoms with van der Waals surface area (Å²) in [5.41, 5.74) is 1.16. The van der Waals surface area contributed by atoms with Gasteiger partial charge in [0.2, 0.25) is 0 Å². The Hall–Kier alpha value is -0.500. The van der Waals surface area contributed by atoms with E-state index in [1.165, 1.54) is 5.57 Å². The van der Waals surface area contributed by atoms with Crippen molar-refractivity contribution in [1.82, 2.24) is 0 Å². The molecule has 2 heteroatoms. The Labute approximate surface area is 74.6 Å². The van der Waals surface area contributed by atoms with E-state index in [-0.39, 0.29) is 5.60 Å². The van der Waals surface area contributed by atoms with Crippen LogP contribution in [-0.4, -0.2) is 18.8 Å². The maximum Gasteiger partial charge on any atom is 0.116 e. The van der Waals surface area contributed by atoms with Crippen LogP contribution in [-0.2, 0) is 9.47 Å². The minimum atomic E-state index is -0.0358. The summed E-state index contributed by atoms with van der Waals surface area (Å²) in [6.07, 6.45) is 4.07. The van der Waals surface area contributed by atoms with E-state index in [0.29, 0.717) is 6.61 Å². The SMILES string of the molecule is CC(C)=COCC1(C)CCCO1. The number of allylic oxidation sites excluding steroid dienone is 1. The molecule has 0 radical (unpaired) electrons. The molecule has 1 heterocycles. The summed E-state index contributed by atoms with van der Waals surface area (Å²) in [6.45, 7) is 7.72. The van der Waals surface area contributed by atoms with Crippen molar-refractivity contribution in [2.45, 2.75) is 39.2 Å². The fraction of sp³-hybridized carbons (Fsp3) is 0.800. The van der Waals surface area contributed by atoms with Crippen LogP contribution in [0.25, 0.3) is 0 Å². The van der Waals surface area contributed by atoms with E-state index < -0.39 is 0 Å². The van der Waals surface area contributed by atoms with E-state index >= 15 is 0 Å². The molecule has 0 amide bonds. The molecule has 1 atom stereocenters. The third kappa shape index (κ3) is 2.86. The van der Waals surface area contributed by atoms with Crippen molar-refractivity contribution in [2.75, 3.05) is 13.2 Å². The third-order valence-corrected chi connectivity index (χ3v) is 2.01. The van der Waals surface area contributed by atoms with Gasteiger partial charge in [0.15, 0.2) is 0 Å². The molecule has 0 aromatic heterocycles. The lowest BCUT2D eigenvalue weighted by molar-refractivity contribution is -0.0284. The lowest BCUT2D eigenvalue weighted by Gasteiger charge is -2.21. The molecule has 70 valence electrons. The molecule has 0 saturated carbocycles. The largest absolute Gasteiger partial charge is 0.498 e. The van der Waals surface area contributed by atoms with Crippen LogP contribution in [0, 0.1) is 0 Å². The third-order valence-electron chi connectivity index (χ3n) is 2.01. The molecule has 1 fully saturated rings. The first-order chi connectivity index (χ1) is 5.62. The van der Waals surface area contributed by atoms with Crippen molar-refractivity contribution in [2.24, 2.45) is 0 Å². The number of ether oxygens (including phenoxy) is 2. The van der Waals surface area contributed by atoms with Gasteiger partial charge in [-0.25, -0.2) is 0 Å². The van der Waals surface area contributed by atoms with Crippen molar-refractivity contribution < 1.29 is 9.47 Å². The Kier molecular flexibility index (Phi) is 3.15. The van der Waals surface area contributed by atoms with Crippen LogP contribution >= 0.6 is 0 Å². The van der Waals surface area contributed by atoms with E-state index in [4.69, 9.17) is 9.47 Å². The minimum absolute atomic E-state index is 0.0358. The van der Waals surface area contributed by atoms with Crippen molar-refractivity contribution in [3.05, 3.63) is 11.8 Å². The van der Waals surface area contributed by atoms with Crippen LogP contribution in [0.4, 0.5) is 0 Å². The van der Waals surface area contributed by atoms with Crippen LogP contribution < -0.4 is 0 Å². The quantitative estimate of drug-likeness (QED) is 0.606. The lowest BCUT2D eigenvalue weighted by Crippen LogP contribution is -2.28. The van der Waals surface area contributed by atoms with Crippen molar-refractivity contribution in [3.8, 4) is 0 Å².